The average Bonchev–Trinajstić information content (AvgIpc) is 2.47. The van der Waals surface area contributed by atoms with E-state index in [1.165, 1.54) is 5.56 Å². The molecule has 2 N–H and O–H groups in total. The Bertz CT molecular complexity index is 420. The Morgan fingerprint density at radius 2 is 2.05 bits per heavy atom. The van der Waals surface area contributed by atoms with Crippen molar-refractivity contribution in [1.29, 1.82) is 0 Å². The molecule has 0 bridgehead atoms. The molecule has 2 rings (SSSR count). The number of likely N-dealkylation sites (tertiary alicyclic amines) is 1. The molecule has 0 atom stereocenters. The fraction of sp³-hybridized carbons (Fsp3) is 0.600. The molecule has 1 aromatic carbocycles. The van der Waals surface area contributed by atoms with Gasteiger partial charge in [0.15, 0.2) is 0 Å². The second-order valence-corrected chi connectivity index (χ2v) is 5.24. The lowest BCUT2D eigenvalue weighted by molar-refractivity contribution is -0.191. The van der Waals surface area contributed by atoms with Crippen LogP contribution in [-0.4, -0.2) is 37.2 Å². The van der Waals surface area contributed by atoms with E-state index in [1.807, 2.05) is 18.2 Å². The zero-order valence-electron chi connectivity index (χ0n) is 12.0. The van der Waals surface area contributed by atoms with Crippen molar-refractivity contribution in [3.05, 3.63) is 23.8 Å². The first-order valence-corrected chi connectivity index (χ1v) is 7.23. The number of hydrogen-bond acceptors (Lipinski definition) is 4. The summed E-state index contributed by atoms with van der Waals surface area (Å²) < 4.78 is 17.8. The second-order valence-electron chi connectivity index (χ2n) is 5.24. The molecule has 20 heavy (non-hydrogen) atoms. The predicted octanol–water partition coefficient (Wildman–Crippen LogP) is 2.58. The maximum absolute atomic E-state index is 12.0. The number of rotatable bonds is 6. The van der Waals surface area contributed by atoms with Crippen molar-refractivity contribution in [3.8, 4) is 5.75 Å². The Labute approximate surface area is 119 Å². The van der Waals surface area contributed by atoms with E-state index >= 15 is 0 Å². The molecule has 0 amide bonds. The highest BCUT2D eigenvalue weighted by atomic mass is 19.3. The highest BCUT2D eigenvalue weighted by Crippen LogP contribution is 2.19. The van der Waals surface area contributed by atoms with Crippen LogP contribution in [0.4, 0.5) is 10.2 Å². The lowest BCUT2D eigenvalue weighted by Crippen LogP contribution is -2.38. The van der Waals surface area contributed by atoms with Crippen LogP contribution in [0.25, 0.3) is 0 Å². The van der Waals surface area contributed by atoms with Gasteiger partial charge in [-0.1, -0.05) is 6.92 Å². The van der Waals surface area contributed by atoms with Gasteiger partial charge in [-0.05, 0) is 41.5 Å². The highest BCUT2D eigenvalue weighted by molar-refractivity contribution is 5.47. The van der Waals surface area contributed by atoms with Crippen molar-refractivity contribution in [2.45, 2.75) is 32.3 Å². The van der Waals surface area contributed by atoms with E-state index in [4.69, 9.17) is 10.5 Å². The summed E-state index contributed by atoms with van der Waals surface area (Å²) in [6.45, 7) is 5.27. The Hall–Kier alpha value is -1.33. The maximum Gasteiger partial charge on any atom is 0.121 e. The van der Waals surface area contributed by atoms with Gasteiger partial charge < -0.3 is 10.5 Å². The highest BCUT2D eigenvalue weighted by Gasteiger charge is 2.19. The number of nitrogen functional groups attached to an aromatic ring is 1. The molecule has 1 aliphatic rings. The number of anilines is 1. The molecule has 0 spiro atoms. The van der Waals surface area contributed by atoms with Gasteiger partial charge >= 0.3 is 0 Å². The number of benzene rings is 1. The standard InChI is InChI=1S/C15H23FN2O2/c1-2-12-9-13(17)11-15(10-12)19-8-7-18-5-3-14(20-16)4-6-18/h9-11,14H,2-8,17H2,1H3. The summed E-state index contributed by atoms with van der Waals surface area (Å²) in [5.41, 5.74) is 7.76. The summed E-state index contributed by atoms with van der Waals surface area (Å²) in [6, 6.07) is 5.84. The van der Waals surface area contributed by atoms with Crippen molar-refractivity contribution >= 4 is 5.69 Å². The molecule has 0 unspecified atom stereocenters. The summed E-state index contributed by atoms with van der Waals surface area (Å²) in [7, 11) is 0. The molecular weight excluding hydrogens is 259 g/mol. The molecule has 1 fully saturated rings. The molecule has 4 nitrogen and oxygen atoms in total. The third-order valence-corrected chi connectivity index (χ3v) is 3.73. The van der Waals surface area contributed by atoms with Crippen LogP contribution in [0.5, 0.6) is 5.75 Å². The van der Waals surface area contributed by atoms with E-state index < -0.39 is 0 Å². The van der Waals surface area contributed by atoms with Crippen LogP contribution in [0, 0.1) is 0 Å². The molecule has 1 aliphatic heterocycles. The quantitative estimate of drug-likeness (QED) is 0.815. The van der Waals surface area contributed by atoms with Gasteiger partial charge in [0.2, 0.25) is 0 Å². The molecule has 0 aliphatic carbocycles. The van der Waals surface area contributed by atoms with Crippen LogP contribution in [0.2, 0.25) is 0 Å². The van der Waals surface area contributed by atoms with Crippen molar-refractivity contribution in [1.82, 2.24) is 4.90 Å². The molecule has 0 aromatic heterocycles. The predicted molar refractivity (Wildman–Crippen MR) is 77.4 cm³/mol. The van der Waals surface area contributed by atoms with Crippen LogP contribution in [-0.2, 0) is 11.4 Å². The number of ether oxygens (including phenoxy) is 1. The van der Waals surface area contributed by atoms with Crippen LogP contribution < -0.4 is 10.5 Å². The van der Waals surface area contributed by atoms with Crippen molar-refractivity contribution in [3.63, 3.8) is 0 Å². The summed E-state index contributed by atoms with van der Waals surface area (Å²) in [5.74, 6) is 0.823. The second kappa shape index (κ2) is 7.45. The SMILES string of the molecule is CCc1cc(N)cc(OCCN2CCC(OF)CC2)c1. The molecule has 0 saturated carbocycles. The van der Waals surface area contributed by atoms with Gasteiger partial charge in [0.25, 0.3) is 0 Å². The van der Waals surface area contributed by atoms with Gasteiger partial charge in [0, 0.05) is 31.4 Å². The molecular formula is C15H23FN2O2. The van der Waals surface area contributed by atoms with E-state index in [-0.39, 0.29) is 6.10 Å². The first-order chi connectivity index (χ1) is 9.71. The first kappa shape index (κ1) is 15.1. The summed E-state index contributed by atoms with van der Waals surface area (Å²) in [4.78, 5) is 6.15. The van der Waals surface area contributed by atoms with E-state index in [0.29, 0.717) is 6.61 Å². The summed E-state index contributed by atoms with van der Waals surface area (Å²) in [5, 5.41) is 0. The van der Waals surface area contributed by atoms with Gasteiger partial charge in [-0.3, -0.25) is 4.90 Å². The molecule has 1 saturated heterocycles. The normalized spacial score (nSPS) is 17.3. The topological polar surface area (TPSA) is 47.7 Å². The first-order valence-electron chi connectivity index (χ1n) is 7.23. The molecule has 1 aromatic rings. The lowest BCUT2D eigenvalue weighted by atomic mass is 10.1. The Morgan fingerprint density at radius 3 is 2.70 bits per heavy atom. The van der Waals surface area contributed by atoms with Crippen LogP contribution >= 0.6 is 0 Å². The number of aryl methyl sites for hydroxylation is 1. The summed E-state index contributed by atoms with van der Waals surface area (Å²) in [6.07, 6.45) is 2.20. The molecule has 5 heteroatoms. The van der Waals surface area contributed by atoms with E-state index in [0.717, 1.165) is 50.3 Å². The van der Waals surface area contributed by atoms with E-state index in [9.17, 15) is 4.53 Å². The fourth-order valence-electron chi connectivity index (χ4n) is 2.49. The average molecular weight is 282 g/mol. The van der Waals surface area contributed by atoms with Crippen molar-refractivity contribution < 1.29 is 14.2 Å². The minimum absolute atomic E-state index is 0.229. The minimum Gasteiger partial charge on any atom is -0.492 e. The lowest BCUT2D eigenvalue weighted by Gasteiger charge is -2.29. The number of hydrogen-bond donors (Lipinski definition) is 1. The number of nitrogens with zero attached hydrogens (tertiary/aromatic N) is 1. The molecule has 112 valence electrons. The molecule has 1 heterocycles. The van der Waals surface area contributed by atoms with Gasteiger partial charge in [0.05, 0.1) is 0 Å². The number of nitrogens with two attached hydrogens (primary N) is 1. The van der Waals surface area contributed by atoms with Gasteiger partial charge in [-0.2, -0.15) is 4.94 Å². The van der Waals surface area contributed by atoms with Crippen molar-refractivity contribution in [2.24, 2.45) is 0 Å². The van der Waals surface area contributed by atoms with E-state index in [1.54, 1.807) is 0 Å². The number of halogens is 1. The largest absolute Gasteiger partial charge is 0.492 e. The zero-order valence-corrected chi connectivity index (χ0v) is 12.0. The Morgan fingerprint density at radius 1 is 1.30 bits per heavy atom. The van der Waals surface area contributed by atoms with Crippen LogP contribution in [0.15, 0.2) is 18.2 Å². The van der Waals surface area contributed by atoms with Gasteiger partial charge in [-0.15, -0.1) is 0 Å². The third kappa shape index (κ3) is 4.35. The maximum atomic E-state index is 12.0. The van der Waals surface area contributed by atoms with Crippen LogP contribution in [0.1, 0.15) is 25.3 Å². The van der Waals surface area contributed by atoms with Crippen LogP contribution in [0.3, 0.4) is 0 Å². The zero-order chi connectivity index (χ0) is 14.4. The van der Waals surface area contributed by atoms with Gasteiger partial charge in [0.1, 0.15) is 18.5 Å². The van der Waals surface area contributed by atoms with E-state index in [2.05, 4.69) is 16.8 Å². The molecule has 0 radical (unpaired) electrons. The van der Waals surface area contributed by atoms with Crippen molar-refractivity contribution in [2.75, 3.05) is 32.0 Å². The monoisotopic (exact) mass is 282 g/mol. The third-order valence-electron chi connectivity index (χ3n) is 3.73. The Kier molecular flexibility index (Phi) is 5.61. The summed E-state index contributed by atoms with van der Waals surface area (Å²) >= 11 is 0. The minimum atomic E-state index is -0.229. The number of piperidine rings is 1. The smallest absolute Gasteiger partial charge is 0.121 e. The fourth-order valence-corrected chi connectivity index (χ4v) is 2.49. The van der Waals surface area contributed by atoms with Gasteiger partial charge in [-0.25, -0.2) is 0 Å². The Balaban J connectivity index is 1.74.